The summed E-state index contributed by atoms with van der Waals surface area (Å²) >= 11 is 6.32. The maximum atomic E-state index is 13.6. The van der Waals surface area contributed by atoms with Crippen LogP contribution in [-0.2, 0) is 22.0 Å². The number of aromatic nitrogens is 3. The van der Waals surface area contributed by atoms with Gasteiger partial charge in [-0.3, -0.25) is 4.79 Å². The maximum Gasteiger partial charge on any atom is 0.280 e. The lowest BCUT2D eigenvalue weighted by Gasteiger charge is -2.35. The van der Waals surface area contributed by atoms with E-state index >= 15 is 0 Å². The summed E-state index contributed by atoms with van der Waals surface area (Å²) in [5, 5.41) is 1.17. The fourth-order valence-electron chi connectivity index (χ4n) is 2.54. The van der Waals surface area contributed by atoms with Crippen LogP contribution < -0.4 is 10.0 Å². The Bertz CT molecular complexity index is 1580. The summed E-state index contributed by atoms with van der Waals surface area (Å²) in [6, 6.07) is -3.59. The molecule has 1 fully saturated rings. The molecule has 0 spiro atoms. The van der Waals surface area contributed by atoms with E-state index in [9.17, 15) is 17.6 Å². The first kappa shape index (κ1) is 13.2. The van der Waals surface area contributed by atoms with E-state index in [-0.39, 0.29) is 16.3 Å². The molecule has 1 aliphatic heterocycles. The zero-order valence-electron chi connectivity index (χ0n) is 24.1. The standard InChI is InChI=1S/C18H18ClFN6O3S2/c1-25-8-14(22-9-25)16-7-21-18(30-16)13-6-15(26(2)31(28,29)24-13)17(27)23-10-3-4-12(20)11(19)5-10/h3-5,7-9,13,15,24H,6H2,1-2H3,(H,23,27)/t13-,15+/m1/s1/i1D3,2D3,6D,13D,15D/t6?,13-,15+. The van der Waals surface area contributed by atoms with Crippen molar-refractivity contribution < 1.29 is 29.9 Å². The van der Waals surface area contributed by atoms with Gasteiger partial charge in [0.15, 0.2) is 0 Å². The van der Waals surface area contributed by atoms with E-state index < -0.39 is 68.7 Å². The van der Waals surface area contributed by atoms with Crippen LogP contribution in [0.15, 0.2) is 36.9 Å². The molecule has 0 aliphatic carbocycles. The van der Waals surface area contributed by atoms with E-state index in [1.807, 2.05) is 0 Å². The summed E-state index contributed by atoms with van der Waals surface area (Å²) in [6.45, 7) is -6.21. The van der Waals surface area contributed by atoms with Gasteiger partial charge in [0.1, 0.15) is 16.8 Å². The van der Waals surface area contributed by atoms with Crippen molar-refractivity contribution in [2.75, 3.05) is 12.3 Å². The molecule has 0 radical (unpaired) electrons. The normalized spacial score (nSPS) is 33.4. The molecule has 4 rings (SSSR count). The molecule has 3 aromatic rings. The monoisotopic (exact) mass is 493 g/mol. The van der Waals surface area contributed by atoms with Crippen molar-refractivity contribution in [1.29, 1.82) is 0 Å². The molecule has 3 heterocycles. The van der Waals surface area contributed by atoms with Gasteiger partial charge in [0.05, 0.1) is 30.7 Å². The number of hydrogen-bond acceptors (Lipinski definition) is 6. The fourth-order valence-corrected chi connectivity index (χ4v) is 4.55. The Balaban J connectivity index is 1.80. The number of nitrogens with one attached hydrogen (secondary N) is 2. The Kier molecular flexibility index (Phi) is 3.53. The largest absolute Gasteiger partial charge is 0.340 e. The summed E-state index contributed by atoms with van der Waals surface area (Å²) in [5.41, 5.74) is -0.163. The Morgan fingerprint density at radius 3 is 3.03 bits per heavy atom. The molecule has 1 saturated heterocycles. The van der Waals surface area contributed by atoms with Gasteiger partial charge in [-0.15, -0.1) is 11.3 Å². The number of anilines is 1. The van der Waals surface area contributed by atoms with Crippen molar-refractivity contribution in [3.63, 3.8) is 0 Å². The van der Waals surface area contributed by atoms with Crippen molar-refractivity contribution >= 4 is 44.7 Å². The number of rotatable bonds is 4. The predicted octanol–water partition coefficient (Wildman–Crippen LogP) is 2.55. The minimum absolute atomic E-state index is 0.0795. The number of thiazole rings is 1. The van der Waals surface area contributed by atoms with Gasteiger partial charge in [0.2, 0.25) is 5.91 Å². The van der Waals surface area contributed by atoms with Crippen LogP contribution in [-0.4, -0.2) is 46.2 Å². The number of hydrogen-bond donors (Lipinski definition) is 2. The van der Waals surface area contributed by atoms with Crippen LogP contribution >= 0.6 is 22.9 Å². The molecule has 1 unspecified atom stereocenters. The number of aryl methyl sites for hydroxylation is 1. The lowest BCUT2D eigenvalue weighted by atomic mass is 10.1. The highest BCUT2D eigenvalue weighted by molar-refractivity contribution is 7.87. The van der Waals surface area contributed by atoms with Crippen LogP contribution in [0.1, 0.15) is 29.8 Å². The van der Waals surface area contributed by atoms with E-state index in [4.69, 9.17) is 23.9 Å². The number of amides is 1. The van der Waals surface area contributed by atoms with Crippen molar-refractivity contribution in [2.24, 2.45) is 6.98 Å². The second-order valence-corrected chi connectivity index (χ2v) is 9.05. The zero-order chi connectivity index (χ0) is 30.1. The third-order valence-corrected chi connectivity index (χ3v) is 6.46. The number of carbonyl (C=O) groups excluding carboxylic acids is 1. The second-order valence-electron chi connectivity index (χ2n) is 6.09. The van der Waals surface area contributed by atoms with Gasteiger partial charge in [0, 0.05) is 41.6 Å². The van der Waals surface area contributed by atoms with Crippen LogP contribution in [0.3, 0.4) is 0 Å². The highest BCUT2D eigenvalue weighted by Gasteiger charge is 2.41. The van der Waals surface area contributed by atoms with Gasteiger partial charge >= 0.3 is 0 Å². The zero-order valence-corrected chi connectivity index (χ0v) is 17.5. The van der Waals surface area contributed by atoms with Crippen LogP contribution in [0.4, 0.5) is 10.1 Å². The molecule has 0 bridgehead atoms. The fraction of sp³-hybridized carbons (Fsp3) is 0.278. The average Bonchev–Trinajstić information content (AvgIpc) is 3.48. The number of carbonyl (C=O) groups is 1. The van der Waals surface area contributed by atoms with Gasteiger partial charge in [-0.25, -0.2) is 14.4 Å². The summed E-state index contributed by atoms with van der Waals surface area (Å²) in [5.74, 6) is -2.50. The Labute approximate surface area is 199 Å². The Hall–Kier alpha value is -2.38. The minimum atomic E-state index is -5.35. The number of halogens is 2. The maximum absolute atomic E-state index is 13.6. The van der Waals surface area contributed by atoms with Crippen molar-refractivity contribution in [1.82, 2.24) is 23.6 Å². The summed E-state index contributed by atoms with van der Waals surface area (Å²) in [7, 11) is -5.35. The van der Waals surface area contributed by atoms with Crippen LogP contribution in [0.25, 0.3) is 10.6 Å². The molecule has 2 aromatic heterocycles. The van der Waals surface area contributed by atoms with Gasteiger partial charge < -0.3 is 9.88 Å². The summed E-state index contributed by atoms with van der Waals surface area (Å²) < 4.78 is 114. The second kappa shape index (κ2) is 8.28. The molecule has 3 atom stereocenters. The highest BCUT2D eigenvalue weighted by Crippen LogP contribution is 2.34. The first-order chi connectivity index (χ1) is 18.2. The Morgan fingerprint density at radius 2 is 2.32 bits per heavy atom. The van der Waals surface area contributed by atoms with E-state index in [0.29, 0.717) is 11.3 Å². The molecule has 1 aromatic carbocycles. The summed E-state index contributed by atoms with van der Waals surface area (Å²) in [6.07, 6.45) is 0.797. The first-order valence-corrected chi connectivity index (χ1v) is 10.9. The molecule has 31 heavy (non-hydrogen) atoms. The van der Waals surface area contributed by atoms with Gasteiger partial charge in [-0.05, 0) is 24.6 Å². The topological polar surface area (TPSA) is 109 Å². The molecule has 164 valence electrons. The van der Waals surface area contributed by atoms with Crippen LogP contribution in [0.2, 0.25) is 5.02 Å². The van der Waals surface area contributed by atoms with E-state index in [0.717, 1.165) is 41.5 Å². The molecule has 1 aliphatic rings. The average molecular weight is 494 g/mol. The molecular weight excluding hydrogens is 467 g/mol. The summed E-state index contributed by atoms with van der Waals surface area (Å²) in [4.78, 5) is 21.4. The van der Waals surface area contributed by atoms with E-state index in [2.05, 4.69) is 15.3 Å². The van der Waals surface area contributed by atoms with Gasteiger partial charge in [0.25, 0.3) is 10.2 Å². The number of nitrogens with zero attached hydrogens (tertiary/aromatic N) is 4. The number of likely N-dealkylation sites (N-methyl/N-ethyl adjacent to an activating group) is 1. The SMILES string of the molecule is [2H]C1[C@]([2H])(c2ncc(-c3cn(C([2H])([2H])[2H])cn3)s2)NS(=O)(=O)N(C([2H])([2H])[2H])[C@]1([2H])C(=O)Nc1ccc(F)c(Cl)c1. The smallest absolute Gasteiger partial charge is 0.280 e. The third kappa shape index (κ3) is 4.48. The predicted molar refractivity (Wildman–Crippen MR) is 115 cm³/mol. The number of imidazole rings is 1. The first-order valence-electron chi connectivity index (χ1n) is 12.8. The lowest BCUT2D eigenvalue weighted by Crippen LogP contribution is -2.55. The Morgan fingerprint density at radius 1 is 1.48 bits per heavy atom. The highest BCUT2D eigenvalue weighted by atomic mass is 35.5. The third-order valence-electron chi connectivity index (χ3n) is 3.96. The molecule has 1 amide bonds. The molecule has 2 N–H and O–H groups in total. The van der Waals surface area contributed by atoms with E-state index in [1.165, 1.54) is 0 Å². The van der Waals surface area contributed by atoms with Gasteiger partial charge in [-0.2, -0.15) is 17.4 Å². The van der Waals surface area contributed by atoms with Crippen molar-refractivity contribution in [3.05, 3.63) is 52.8 Å². The molecule has 9 nitrogen and oxygen atoms in total. The van der Waals surface area contributed by atoms with Crippen molar-refractivity contribution in [3.8, 4) is 10.6 Å². The lowest BCUT2D eigenvalue weighted by molar-refractivity contribution is -0.120. The van der Waals surface area contributed by atoms with Crippen LogP contribution in [0.5, 0.6) is 0 Å². The minimum Gasteiger partial charge on any atom is -0.340 e. The van der Waals surface area contributed by atoms with Crippen LogP contribution in [0, 0.1) is 5.82 Å². The number of benzene rings is 1. The quantitative estimate of drug-likeness (QED) is 0.580. The molecule has 0 saturated carbocycles. The van der Waals surface area contributed by atoms with E-state index in [1.54, 1.807) is 4.72 Å². The van der Waals surface area contributed by atoms with Crippen molar-refractivity contribution in [2.45, 2.75) is 18.4 Å². The molecule has 13 heteroatoms. The van der Waals surface area contributed by atoms with Gasteiger partial charge in [-0.1, -0.05) is 11.6 Å². The molecular formula is C18H18ClFN6O3S2.